The van der Waals surface area contributed by atoms with Gasteiger partial charge in [-0.2, -0.15) is 0 Å². The van der Waals surface area contributed by atoms with E-state index < -0.39 is 0 Å². The van der Waals surface area contributed by atoms with Crippen LogP contribution in [0.4, 0.5) is 0 Å². The molecule has 3 aliphatic heterocycles. The first-order valence-electron chi connectivity index (χ1n) is 7.04. The maximum atomic E-state index is 11.5. The van der Waals surface area contributed by atoms with Crippen molar-refractivity contribution in [2.45, 2.75) is 18.9 Å². The third kappa shape index (κ3) is 2.59. The number of nitrogens with one attached hydrogen (secondary N) is 3. The molecule has 0 aliphatic carbocycles. The Morgan fingerprint density at radius 2 is 2.25 bits per heavy atom. The summed E-state index contributed by atoms with van der Waals surface area (Å²) < 4.78 is 0. The van der Waals surface area contributed by atoms with Crippen LogP contribution in [0.1, 0.15) is 12.8 Å². The Balaban J connectivity index is 1.56. The number of hydrogen-bond donors (Lipinski definition) is 3. The van der Waals surface area contributed by atoms with Gasteiger partial charge >= 0.3 is 0 Å². The highest BCUT2D eigenvalue weighted by Gasteiger charge is 2.22. The lowest BCUT2D eigenvalue weighted by Gasteiger charge is -2.22. The van der Waals surface area contributed by atoms with E-state index >= 15 is 0 Å². The number of carbonyl (C=O) groups is 1. The topological polar surface area (TPSA) is 80.6 Å². The average molecular weight is 273 g/mol. The van der Waals surface area contributed by atoms with Crippen molar-refractivity contribution in [3.05, 3.63) is 23.9 Å². The predicted molar refractivity (Wildman–Crippen MR) is 78.0 cm³/mol. The number of nitrogens with zero attached hydrogens (tertiary/aromatic N) is 2. The molecule has 0 aromatic carbocycles. The number of dihydropyridines is 1. The molecule has 0 aromatic rings. The number of amidine groups is 1. The Kier molecular flexibility index (Phi) is 3.54. The minimum absolute atomic E-state index is 0.0926. The van der Waals surface area contributed by atoms with Gasteiger partial charge in [0.2, 0.25) is 0 Å². The molecule has 3 N–H and O–H groups in total. The highest BCUT2D eigenvalue weighted by Crippen LogP contribution is 2.12. The van der Waals surface area contributed by atoms with E-state index in [1.807, 2.05) is 6.08 Å². The monoisotopic (exact) mass is 273 g/mol. The maximum Gasteiger partial charge on any atom is 0.254 e. The third-order valence-corrected chi connectivity index (χ3v) is 3.79. The second-order valence-corrected chi connectivity index (χ2v) is 5.24. The molecule has 0 saturated carbocycles. The van der Waals surface area contributed by atoms with Gasteiger partial charge < -0.3 is 20.9 Å². The van der Waals surface area contributed by atoms with Crippen LogP contribution in [0.2, 0.25) is 0 Å². The molecule has 2 fully saturated rings. The second-order valence-electron chi connectivity index (χ2n) is 5.24. The number of aliphatic imine (C=N–C) groups is 1. The van der Waals surface area contributed by atoms with E-state index in [4.69, 9.17) is 5.41 Å². The zero-order chi connectivity index (χ0) is 13.9. The fourth-order valence-corrected chi connectivity index (χ4v) is 2.61. The van der Waals surface area contributed by atoms with Crippen molar-refractivity contribution in [1.82, 2.24) is 15.5 Å². The van der Waals surface area contributed by atoms with E-state index in [0.717, 1.165) is 18.9 Å². The second kappa shape index (κ2) is 5.48. The largest absolute Gasteiger partial charge is 0.382 e. The lowest BCUT2D eigenvalue weighted by atomic mass is 10.2. The van der Waals surface area contributed by atoms with Crippen LogP contribution < -0.4 is 10.6 Å². The standard InChI is InChI=1S/C14H19N5O/c15-12-9-18-14(20)11(12)8-16-10-3-4-13(17-7-10)19-5-1-2-6-19/h3-4,8,10,15-16H,1-2,5-7,9H2,(H,18,20)/b11-8+,15-12?. The molecule has 0 bridgehead atoms. The van der Waals surface area contributed by atoms with E-state index in [2.05, 4.69) is 26.6 Å². The molecule has 3 aliphatic rings. The summed E-state index contributed by atoms with van der Waals surface area (Å²) in [6.07, 6.45) is 8.25. The molecule has 0 spiro atoms. The van der Waals surface area contributed by atoms with Crippen molar-refractivity contribution in [3.8, 4) is 0 Å². The van der Waals surface area contributed by atoms with Crippen molar-refractivity contribution >= 4 is 17.5 Å². The van der Waals surface area contributed by atoms with Crippen molar-refractivity contribution in [1.29, 1.82) is 5.41 Å². The van der Waals surface area contributed by atoms with Gasteiger partial charge in [0.15, 0.2) is 0 Å². The fraction of sp³-hybridized carbons (Fsp3) is 0.500. The Bertz CT molecular complexity index is 496. The van der Waals surface area contributed by atoms with Gasteiger partial charge in [0, 0.05) is 19.3 Å². The summed E-state index contributed by atoms with van der Waals surface area (Å²) in [5, 5.41) is 13.4. The molecule has 20 heavy (non-hydrogen) atoms. The molecule has 106 valence electrons. The molecule has 3 heterocycles. The number of amides is 1. The minimum Gasteiger partial charge on any atom is -0.382 e. The number of hydrogen-bond acceptors (Lipinski definition) is 5. The summed E-state index contributed by atoms with van der Waals surface area (Å²) in [7, 11) is 0. The first kappa shape index (κ1) is 12.9. The van der Waals surface area contributed by atoms with E-state index in [9.17, 15) is 4.79 Å². The van der Waals surface area contributed by atoms with E-state index in [1.165, 1.54) is 12.8 Å². The van der Waals surface area contributed by atoms with E-state index in [-0.39, 0.29) is 11.9 Å². The van der Waals surface area contributed by atoms with Gasteiger partial charge in [-0.05, 0) is 18.9 Å². The average Bonchev–Trinajstić information content (AvgIpc) is 3.09. The summed E-state index contributed by atoms with van der Waals surface area (Å²) in [6, 6.07) is 0.0926. The molecule has 1 unspecified atom stereocenters. The van der Waals surface area contributed by atoms with Crippen LogP contribution in [0.25, 0.3) is 0 Å². The number of carbonyl (C=O) groups excluding carboxylic acids is 1. The smallest absolute Gasteiger partial charge is 0.254 e. The first-order valence-corrected chi connectivity index (χ1v) is 7.04. The normalized spacial score (nSPS) is 28.0. The van der Waals surface area contributed by atoms with Crippen molar-refractivity contribution in [3.63, 3.8) is 0 Å². The van der Waals surface area contributed by atoms with Gasteiger partial charge in [-0.1, -0.05) is 6.08 Å². The van der Waals surface area contributed by atoms with Gasteiger partial charge in [0.25, 0.3) is 5.91 Å². The molecule has 0 aromatic heterocycles. The first-order chi connectivity index (χ1) is 9.74. The zero-order valence-corrected chi connectivity index (χ0v) is 11.4. The van der Waals surface area contributed by atoms with Gasteiger partial charge in [0.1, 0.15) is 5.84 Å². The molecular formula is C14H19N5O. The van der Waals surface area contributed by atoms with E-state index in [0.29, 0.717) is 24.4 Å². The van der Waals surface area contributed by atoms with Gasteiger partial charge in [-0.3, -0.25) is 9.79 Å². The lowest BCUT2D eigenvalue weighted by Crippen LogP contribution is -2.34. The third-order valence-electron chi connectivity index (χ3n) is 3.79. The van der Waals surface area contributed by atoms with Crippen molar-refractivity contribution < 1.29 is 4.79 Å². The zero-order valence-electron chi connectivity index (χ0n) is 11.4. The van der Waals surface area contributed by atoms with Crippen molar-refractivity contribution in [2.75, 3.05) is 26.2 Å². The molecule has 1 atom stereocenters. The Labute approximate surface area is 118 Å². The summed E-state index contributed by atoms with van der Waals surface area (Å²) in [5.41, 5.74) is 0.760. The SMILES string of the molecule is N=C1CNC(=O)/C1=C/NC1C=CC(N2CCCC2)=NC1. The van der Waals surface area contributed by atoms with Crippen LogP contribution in [-0.2, 0) is 4.79 Å². The Morgan fingerprint density at radius 1 is 1.45 bits per heavy atom. The molecule has 3 rings (SSSR count). The van der Waals surface area contributed by atoms with Crippen LogP contribution in [0.15, 0.2) is 28.9 Å². The highest BCUT2D eigenvalue weighted by molar-refractivity contribution is 6.26. The van der Waals surface area contributed by atoms with Crippen LogP contribution in [0.5, 0.6) is 0 Å². The van der Waals surface area contributed by atoms with Crippen molar-refractivity contribution in [2.24, 2.45) is 4.99 Å². The summed E-state index contributed by atoms with van der Waals surface area (Å²) in [5.74, 6) is 0.892. The van der Waals surface area contributed by atoms with Crippen LogP contribution in [0, 0.1) is 5.41 Å². The number of rotatable bonds is 2. The Morgan fingerprint density at radius 3 is 2.85 bits per heavy atom. The van der Waals surface area contributed by atoms with E-state index in [1.54, 1.807) is 6.20 Å². The summed E-state index contributed by atoms with van der Waals surface area (Å²) in [4.78, 5) is 18.4. The van der Waals surface area contributed by atoms with Gasteiger partial charge in [-0.25, -0.2) is 0 Å². The molecule has 1 amide bonds. The van der Waals surface area contributed by atoms with Crippen LogP contribution in [0.3, 0.4) is 0 Å². The maximum absolute atomic E-state index is 11.5. The lowest BCUT2D eigenvalue weighted by molar-refractivity contribution is -0.116. The molecule has 6 nitrogen and oxygen atoms in total. The quantitative estimate of drug-likeness (QED) is 0.622. The van der Waals surface area contributed by atoms with Crippen LogP contribution in [-0.4, -0.2) is 54.6 Å². The molecule has 2 saturated heterocycles. The van der Waals surface area contributed by atoms with Gasteiger partial charge in [-0.15, -0.1) is 0 Å². The predicted octanol–water partition coefficient (Wildman–Crippen LogP) is 0.0422. The summed E-state index contributed by atoms with van der Waals surface area (Å²) >= 11 is 0. The summed E-state index contributed by atoms with van der Waals surface area (Å²) in [6.45, 7) is 3.19. The fourth-order valence-electron chi connectivity index (χ4n) is 2.61. The number of likely N-dealkylation sites (tertiary alicyclic amines) is 1. The molecular weight excluding hydrogens is 254 g/mol. The Hall–Kier alpha value is -2.11. The molecule has 0 radical (unpaired) electrons. The van der Waals surface area contributed by atoms with Crippen LogP contribution >= 0.6 is 0 Å². The minimum atomic E-state index is -0.177. The van der Waals surface area contributed by atoms with Gasteiger partial charge in [0.05, 0.1) is 30.4 Å². The molecule has 6 heteroatoms. The highest BCUT2D eigenvalue weighted by atomic mass is 16.2.